The minimum absolute atomic E-state index is 0.0633. The number of aromatic nitrogens is 1. The van der Waals surface area contributed by atoms with Crippen LogP contribution in [0.4, 0.5) is 17.1 Å². The lowest BCUT2D eigenvalue weighted by Crippen LogP contribution is -2.54. The molecule has 5 rings (SSSR count). The number of hydrogen-bond acceptors (Lipinski definition) is 10. The molecule has 0 bridgehead atoms. The lowest BCUT2D eigenvalue weighted by molar-refractivity contribution is -0.387. The quantitative estimate of drug-likeness (QED) is 0.104. The molecule has 0 aliphatic carbocycles. The van der Waals surface area contributed by atoms with Crippen molar-refractivity contribution in [1.29, 1.82) is 0 Å². The van der Waals surface area contributed by atoms with Crippen LogP contribution in [0.15, 0.2) is 75.5 Å². The van der Waals surface area contributed by atoms with Gasteiger partial charge in [0, 0.05) is 18.2 Å². The number of non-ortho nitro benzene ring substituents is 1. The van der Waals surface area contributed by atoms with Gasteiger partial charge in [0.25, 0.3) is 23.2 Å². The molecule has 0 radical (unpaired) electrons. The molecule has 1 aliphatic heterocycles. The maximum absolute atomic E-state index is 13.3. The van der Waals surface area contributed by atoms with Gasteiger partial charge in [-0.3, -0.25) is 40.0 Å². The smallest absolute Gasteiger partial charge is 0.283 e. The Labute approximate surface area is 233 Å². The molecule has 0 unspecified atom stereocenters. The van der Waals surface area contributed by atoms with Crippen molar-refractivity contribution in [2.75, 3.05) is 4.90 Å². The summed E-state index contributed by atoms with van der Waals surface area (Å²) in [6, 6.07) is 15.6. The van der Waals surface area contributed by atoms with Crippen molar-refractivity contribution in [1.82, 2.24) is 10.3 Å². The molecule has 0 atom stereocenters. The first kappa shape index (κ1) is 26.1. The predicted molar refractivity (Wildman–Crippen MR) is 151 cm³/mol. The van der Waals surface area contributed by atoms with Gasteiger partial charge in [-0.15, -0.1) is 11.3 Å². The van der Waals surface area contributed by atoms with Gasteiger partial charge in [0.2, 0.25) is 0 Å². The van der Waals surface area contributed by atoms with Crippen molar-refractivity contribution in [2.24, 2.45) is 0 Å². The fraction of sp³-hybridized carbons (Fsp3) is 0.0400. The van der Waals surface area contributed by atoms with E-state index in [1.807, 2.05) is 13.0 Å². The summed E-state index contributed by atoms with van der Waals surface area (Å²) in [4.78, 5) is 53.7. The van der Waals surface area contributed by atoms with Gasteiger partial charge in [0.15, 0.2) is 9.45 Å². The third kappa shape index (κ3) is 5.25. The molecule has 4 aromatic rings. The minimum Gasteiger partial charge on any atom is -0.298 e. The highest BCUT2D eigenvalue weighted by Crippen LogP contribution is 2.40. The number of fused-ring (bicyclic) bond motifs is 1. The van der Waals surface area contributed by atoms with Crippen LogP contribution in [0.5, 0.6) is 0 Å². The SMILES string of the molecule is Cc1cccc(N2C(=O)/C(=C/c3ccc(Sc4nc5ccc([N+](=O)[O-])cc5s4)c([N+](=O)[O-])c3)C(=O)NC2=S)c1. The molecule has 3 aromatic carbocycles. The largest absolute Gasteiger partial charge is 0.298 e. The zero-order chi connectivity index (χ0) is 27.8. The molecule has 2 heterocycles. The molecule has 1 fully saturated rings. The van der Waals surface area contributed by atoms with Crippen LogP contribution in [-0.4, -0.2) is 31.8 Å². The lowest BCUT2D eigenvalue weighted by Gasteiger charge is -2.29. The summed E-state index contributed by atoms with van der Waals surface area (Å²) in [5.74, 6) is -1.36. The van der Waals surface area contributed by atoms with E-state index in [4.69, 9.17) is 12.2 Å². The molecule has 11 nitrogen and oxygen atoms in total. The van der Waals surface area contributed by atoms with Crippen LogP contribution in [0.25, 0.3) is 16.3 Å². The number of anilines is 1. The summed E-state index contributed by atoms with van der Waals surface area (Å²) < 4.78 is 1.04. The van der Waals surface area contributed by atoms with E-state index in [2.05, 4.69) is 10.3 Å². The number of rotatable bonds is 6. The number of carbonyl (C=O) groups excluding carboxylic acids is 2. The van der Waals surface area contributed by atoms with Crippen LogP contribution >= 0.6 is 35.3 Å². The van der Waals surface area contributed by atoms with Crippen molar-refractivity contribution in [3.63, 3.8) is 0 Å². The van der Waals surface area contributed by atoms with Crippen molar-refractivity contribution in [3.8, 4) is 0 Å². The van der Waals surface area contributed by atoms with Gasteiger partial charge in [-0.05, 0) is 60.6 Å². The molecule has 0 spiro atoms. The maximum Gasteiger partial charge on any atom is 0.283 e. The first-order chi connectivity index (χ1) is 18.6. The number of thiocarbonyl (C=S) groups is 1. The number of nitrogens with zero attached hydrogens (tertiary/aromatic N) is 4. The molecule has 1 saturated heterocycles. The van der Waals surface area contributed by atoms with Crippen LogP contribution in [0.2, 0.25) is 0 Å². The topological polar surface area (TPSA) is 149 Å². The molecule has 14 heteroatoms. The molecule has 39 heavy (non-hydrogen) atoms. The summed E-state index contributed by atoms with van der Waals surface area (Å²) in [6.07, 6.45) is 1.28. The summed E-state index contributed by atoms with van der Waals surface area (Å²) >= 11 is 7.43. The molecule has 0 saturated carbocycles. The van der Waals surface area contributed by atoms with E-state index in [-0.39, 0.29) is 32.5 Å². The highest BCUT2D eigenvalue weighted by molar-refractivity contribution is 8.01. The van der Waals surface area contributed by atoms with Crippen molar-refractivity contribution in [2.45, 2.75) is 16.2 Å². The first-order valence-electron chi connectivity index (χ1n) is 11.1. The Kier molecular flexibility index (Phi) is 6.91. The summed E-state index contributed by atoms with van der Waals surface area (Å²) in [6.45, 7) is 1.85. The van der Waals surface area contributed by atoms with Gasteiger partial charge in [0.05, 0.1) is 30.6 Å². The number of nitro benzene ring substituents is 2. The standard InChI is InChI=1S/C25H15N5O6S3/c1-13-3-2-4-15(9-13)28-23(32)17(22(31)27-24(28)37)10-14-5-8-20(19(11-14)30(35)36)38-25-26-18-7-6-16(29(33)34)12-21(18)39-25/h2-12H,1H3,(H,27,31,37)/b17-10+. The molecular weight excluding hydrogens is 563 g/mol. The van der Waals surface area contributed by atoms with E-state index in [1.54, 1.807) is 24.3 Å². The monoisotopic (exact) mass is 577 g/mol. The second-order valence-electron chi connectivity index (χ2n) is 8.27. The Hall–Kier alpha value is -4.53. The number of nitro groups is 2. The molecular formula is C25H15N5O6S3. The number of amides is 2. The van der Waals surface area contributed by atoms with E-state index in [0.29, 0.717) is 20.2 Å². The molecule has 1 aromatic heterocycles. The third-order valence-corrected chi connectivity index (χ3v) is 8.04. The third-order valence-electron chi connectivity index (χ3n) is 5.61. The first-order valence-corrected chi connectivity index (χ1v) is 13.1. The normalized spacial score (nSPS) is 14.6. The number of aryl methyl sites for hydroxylation is 1. The van der Waals surface area contributed by atoms with Crippen molar-refractivity contribution >= 4 is 85.6 Å². The van der Waals surface area contributed by atoms with Crippen molar-refractivity contribution in [3.05, 3.63) is 97.6 Å². The molecule has 1 N–H and O–H groups in total. The summed E-state index contributed by atoms with van der Waals surface area (Å²) in [7, 11) is 0. The van der Waals surface area contributed by atoms with Crippen LogP contribution in [-0.2, 0) is 9.59 Å². The Morgan fingerprint density at radius 3 is 2.56 bits per heavy atom. The molecule has 194 valence electrons. The highest BCUT2D eigenvalue weighted by atomic mass is 32.2. The fourth-order valence-electron chi connectivity index (χ4n) is 3.82. The van der Waals surface area contributed by atoms with Crippen LogP contribution in [0, 0.1) is 27.2 Å². The van der Waals surface area contributed by atoms with Gasteiger partial charge in [-0.2, -0.15) is 0 Å². The van der Waals surface area contributed by atoms with E-state index in [9.17, 15) is 29.8 Å². The maximum atomic E-state index is 13.3. The zero-order valence-corrected chi connectivity index (χ0v) is 22.3. The van der Waals surface area contributed by atoms with E-state index in [0.717, 1.165) is 17.3 Å². The summed E-state index contributed by atoms with van der Waals surface area (Å²) in [5.41, 5.74) is 1.61. The van der Waals surface area contributed by atoms with Gasteiger partial charge < -0.3 is 0 Å². The lowest BCUT2D eigenvalue weighted by atomic mass is 10.1. The number of thiazole rings is 1. The summed E-state index contributed by atoms with van der Waals surface area (Å²) in [5, 5.41) is 25.4. The number of nitrogens with one attached hydrogen (secondary N) is 1. The molecule has 2 amide bonds. The minimum atomic E-state index is -0.710. The number of benzene rings is 3. The Bertz CT molecular complexity index is 1770. The van der Waals surface area contributed by atoms with E-state index in [1.165, 1.54) is 52.6 Å². The second kappa shape index (κ2) is 10.3. The van der Waals surface area contributed by atoms with E-state index >= 15 is 0 Å². The van der Waals surface area contributed by atoms with Gasteiger partial charge in [0.1, 0.15) is 5.57 Å². The molecule has 1 aliphatic rings. The van der Waals surface area contributed by atoms with E-state index < -0.39 is 21.7 Å². The van der Waals surface area contributed by atoms with Gasteiger partial charge in [-0.1, -0.05) is 30.0 Å². The van der Waals surface area contributed by atoms with Crippen LogP contribution in [0.1, 0.15) is 11.1 Å². The van der Waals surface area contributed by atoms with Gasteiger partial charge >= 0.3 is 0 Å². The Morgan fingerprint density at radius 2 is 1.85 bits per heavy atom. The van der Waals surface area contributed by atoms with Crippen LogP contribution in [0.3, 0.4) is 0 Å². The zero-order valence-electron chi connectivity index (χ0n) is 19.8. The highest BCUT2D eigenvalue weighted by Gasteiger charge is 2.34. The average molecular weight is 578 g/mol. The predicted octanol–water partition coefficient (Wildman–Crippen LogP) is 5.40. The van der Waals surface area contributed by atoms with Gasteiger partial charge in [-0.25, -0.2) is 4.98 Å². The number of carbonyl (C=O) groups is 2. The Balaban J connectivity index is 1.47. The van der Waals surface area contributed by atoms with Crippen LogP contribution < -0.4 is 10.2 Å². The average Bonchev–Trinajstić information content (AvgIpc) is 3.28. The van der Waals surface area contributed by atoms with Crippen molar-refractivity contribution < 1.29 is 19.4 Å². The second-order valence-corrected chi connectivity index (χ2v) is 11.0. The Morgan fingerprint density at radius 1 is 1.05 bits per heavy atom. The fourth-order valence-corrected chi connectivity index (χ4v) is 6.24. The number of hydrogen-bond donors (Lipinski definition) is 1.